The molecular weight excluding hydrogens is 346 g/mol. The number of aromatic nitrogens is 1. The van der Waals surface area contributed by atoms with Gasteiger partial charge in [0, 0.05) is 11.8 Å². The van der Waals surface area contributed by atoms with Crippen molar-refractivity contribution in [3.63, 3.8) is 0 Å². The molecule has 3 aromatic rings. The van der Waals surface area contributed by atoms with Gasteiger partial charge in [0.25, 0.3) is 11.8 Å². The Balaban J connectivity index is 1.43. The first-order valence-electron chi connectivity index (χ1n) is 7.20. The Kier molecular flexibility index (Phi) is 3.82. The minimum atomic E-state index is -0.473. The predicted molar refractivity (Wildman–Crippen MR) is 89.3 cm³/mol. The summed E-state index contributed by atoms with van der Waals surface area (Å²) >= 11 is 1.29. The lowest BCUT2D eigenvalue weighted by Crippen LogP contribution is -2.13. The number of oxazole rings is 1. The van der Waals surface area contributed by atoms with Crippen LogP contribution in [-0.2, 0) is 0 Å². The lowest BCUT2D eigenvalue weighted by molar-refractivity contribution is 0.101. The molecule has 0 bridgehead atoms. The highest BCUT2D eigenvalue weighted by molar-refractivity contribution is 7.12. The van der Waals surface area contributed by atoms with Gasteiger partial charge in [0.2, 0.25) is 6.79 Å². The Morgan fingerprint density at radius 3 is 2.80 bits per heavy atom. The lowest BCUT2D eigenvalue weighted by atomic mass is 10.2. The summed E-state index contributed by atoms with van der Waals surface area (Å²) in [5.41, 5.74) is 0.570. The maximum absolute atomic E-state index is 12.2. The second-order valence-corrected chi connectivity index (χ2v) is 5.94. The van der Waals surface area contributed by atoms with E-state index in [1.165, 1.54) is 17.6 Å². The standard InChI is InChI=1S/C16H11N3O5S/c20-14(17-9-3-4-11-12(6-9)24-8-23-11)10-7-22-16(18-10)19-15(21)13-2-1-5-25-13/h1-7H,8H2,(H,17,20)(H,18,19,21). The molecule has 0 fully saturated rings. The lowest BCUT2D eigenvalue weighted by Gasteiger charge is -2.03. The van der Waals surface area contributed by atoms with E-state index in [1.54, 1.807) is 35.7 Å². The average molecular weight is 357 g/mol. The molecule has 0 radical (unpaired) electrons. The molecule has 1 aliphatic rings. The van der Waals surface area contributed by atoms with Crippen LogP contribution in [0.25, 0.3) is 0 Å². The first kappa shape index (κ1) is 15.2. The van der Waals surface area contributed by atoms with E-state index in [1.807, 2.05) is 0 Å². The smallest absolute Gasteiger partial charge is 0.302 e. The number of nitrogens with one attached hydrogen (secondary N) is 2. The third-order valence-electron chi connectivity index (χ3n) is 3.33. The van der Waals surface area contributed by atoms with Crippen LogP contribution in [0.1, 0.15) is 20.2 Å². The second-order valence-electron chi connectivity index (χ2n) is 4.99. The first-order valence-corrected chi connectivity index (χ1v) is 8.08. The number of carbonyl (C=O) groups excluding carboxylic acids is 2. The van der Waals surface area contributed by atoms with Gasteiger partial charge in [0.15, 0.2) is 17.2 Å². The fourth-order valence-corrected chi connectivity index (χ4v) is 2.79. The molecule has 3 heterocycles. The molecule has 0 aliphatic carbocycles. The number of hydrogen-bond acceptors (Lipinski definition) is 7. The van der Waals surface area contributed by atoms with Crippen LogP contribution in [-0.4, -0.2) is 23.6 Å². The number of anilines is 2. The molecule has 0 atom stereocenters. The summed E-state index contributed by atoms with van der Waals surface area (Å²) in [4.78, 5) is 28.6. The van der Waals surface area contributed by atoms with Gasteiger partial charge in [-0.2, -0.15) is 4.98 Å². The molecule has 126 valence electrons. The van der Waals surface area contributed by atoms with Crippen molar-refractivity contribution in [2.75, 3.05) is 17.4 Å². The van der Waals surface area contributed by atoms with Crippen molar-refractivity contribution in [2.45, 2.75) is 0 Å². The number of hydrogen-bond donors (Lipinski definition) is 2. The molecule has 0 saturated carbocycles. The summed E-state index contributed by atoms with van der Waals surface area (Å²) in [6.07, 6.45) is 1.17. The minimum absolute atomic E-state index is 0.0409. The summed E-state index contributed by atoms with van der Waals surface area (Å²) in [5.74, 6) is 0.360. The first-order chi connectivity index (χ1) is 12.2. The summed E-state index contributed by atoms with van der Waals surface area (Å²) in [5, 5.41) is 6.96. The SMILES string of the molecule is O=C(Nc1ccc2c(c1)OCO2)c1coc(NC(=O)c2cccs2)n1. The quantitative estimate of drug-likeness (QED) is 0.744. The number of rotatable bonds is 4. The van der Waals surface area contributed by atoms with Crippen LogP contribution in [0.15, 0.2) is 46.4 Å². The molecule has 2 amide bonds. The van der Waals surface area contributed by atoms with Gasteiger partial charge in [-0.05, 0) is 23.6 Å². The molecule has 25 heavy (non-hydrogen) atoms. The normalized spacial score (nSPS) is 12.0. The van der Waals surface area contributed by atoms with Crippen LogP contribution in [0, 0.1) is 0 Å². The Morgan fingerprint density at radius 2 is 1.96 bits per heavy atom. The highest BCUT2D eigenvalue weighted by Crippen LogP contribution is 2.34. The molecule has 1 aromatic carbocycles. The van der Waals surface area contributed by atoms with Crippen molar-refractivity contribution in [2.24, 2.45) is 0 Å². The molecule has 0 saturated heterocycles. The van der Waals surface area contributed by atoms with Gasteiger partial charge in [-0.1, -0.05) is 6.07 Å². The molecule has 8 nitrogen and oxygen atoms in total. The molecule has 2 N–H and O–H groups in total. The van der Waals surface area contributed by atoms with E-state index in [4.69, 9.17) is 13.9 Å². The summed E-state index contributed by atoms with van der Waals surface area (Å²) in [6, 6.07) is 8.43. The molecule has 0 unspecified atom stereocenters. The van der Waals surface area contributed by atoms with Crippen molar-refractivity contribution in [1.29, 1.82) is 0 Å². The maximum atomic E-state index is 12.2. The molecular formula is C16H11N3O5S. The monoisotopic (exact) mass is 357 g/mol. The molecule has 4 rings (SSSR count). The molecule has 2 aromatic heterocycles. The third kappa shape index (κ3) is 3.17. The number of thiophene rings is 1. The molecule has 1 aliphatic heterocycles. The van der Waals surface area contributed by atoms with E-state index in [0.29, 0.717) is 22.1 Å². The topological polar surface area (TPSA) is 103 Å². The highest BCUT2D eigenvalue weighted by atomic mass is 32.1. The largest absolute Gasteiger partial charge is 0.454 e. The molecule has 0 spiro atoms. The van der Waals surface area contributed by atoms with Crippen molar-refractivity contribution in [1.82, 2.24) is 4.98 Å². The number of benzene rings is 1. The van der Waals surface area contributed by atoms with Gasteiger partial charge in [0.05, 0.1) is 4.88 Å². The average Bonchev–Trinajstić information content (AvgIpc) is 3.35. The fourth-order valence-electron chi connectivity index (χ4n) is 2.17. The number of fused-ring (bicyclic) bond motifs is 1. The van der Waals surface area contributed by atoms with Crippen molar-refractivity contribution < 1.29 is 23.5 Å². The van der Waals surface area contributed by atoms with E-state index in [9.17, 15) is 9.59 Å². The maximum Gasteiger partial charge on any atom is 0.302 e. The Bertz CT molecular complexity index is 935. The Hall–Kier alpha value is -3.33. The predicted octanol–water partition coefficient (Wildman–Crippen LogP) is 2.97. The highest BCUT2D eigenvalue weighted by Gasteiger charge is 2.17. The zero-order valence-corrected chi connectivity index (χ0v) is 13.5. The fraction of sp³-hybridized carbons (Fsp3) is 0.0625. The summed E-state index contributed by atoms with van der Waals surface area (Å²) in [6.45, 7) is 0.156. The number of amides is 2. The minimum Gasteiger partial charge on any atom is -0.454 e. The van der Waals surface area contributed by atoms with Gasteiger partial charge in [-0.15, -0.1) is 11.3 Å². The zero-order valence-electron chi connectivity index (χ0n) is 12.6. The van der Waals surface area contributed by atoms with Crippen molar-refractivity contribution >= 4 is 34.9 Å². The van der Waals surface area contributed by atoms with Gasteiger partial charge in [0.1, 0.15) is 6.26 Å². The number of nitrogens with zero attached hydrogens (tertiary/aromatic N) is 1. The van der Waals surface area contributed by atoms with E-state index in [2.05, 4.69) is 15.6 Å². The third-order valence-corrected chi connectivity index (χ3v) is 4.20. The second kappa shape index (κ2) is 6.29. The van der Waals surface area contributed by atoms with Crippen LogP contribution in [0.4, 0.5) is 11.7 Å². The van der Waals surface area contributed by atoms with Gasteiger partial charge in [-0.3, -0.25) is 14.9 Å². The van der Waals surface area contributed by atoms with E-state index >= 15 is 0 Å². The van der Waals surface area contributed by atoms with Crippen molar-refractivity contribution in [3.05, 3.63) is 52.5 Å². The van der Waals surface area contributed by atoms with Gasteiger partial charge in [-0.25, -0.2) is 0 Å². The van der Waals surface area contributed by atoms with Crippen LogP contribution in [0.2, 0.25) is 0 Å². The van der Waals surface area contributed by atoms with Crippen LogP contribution < -0.4 is 20.1 Å². The van der Waals surface area contributed by atoms with E-state index in [0.717, 1.165) is 0 Å². The number of carbonyl (C=O) groups is 2. The van der Waals surface area contributed by atoms with E-state index < -0.39 is 5.91 Å². The van der Waals surface area contributed by atoms with Crippen molar-refractivity contribution in [3.8, 4) is 11.5 Å². The van der Waals surface area contributed by atoms with Gasteiger partial charge < -0.3 is 19.2 Å². The van der Waals surface area contributed by atoms with Crippen LogP contribution in [0.3, 0.4) is 0 Å². The number of ether oxygens (including phenoxy) is 2. The van der Waals surface area contributed by atoms with E-state index in [-0.39, 0.29) is 24.4 Å². The Labute approximate surface area is 145 Å². The van der Waals surface area contributed by atoms with Crippen LogP contribution >= 0.6 is 11.3 Å². The Morgan fingerprint density at radius 1 is 1.08 bits per heavy atom. The zero-order chi connectivity index (χ0) is 17.2. The van der Waals surface area contributed by atoms with Crippen LogP contribution in [0.5, 0.6) is 11.5 Å². The summed E-state index contributed by atoms with van der Waals surface area (Å²) in [7, 11) is 0. The van der Waals surface area contributed by atoms with Gasteiger partial charge >= 0.3 is 6.01 Å². The summed E-state index contributed by atoms with van der Waals surface area (Å²) < 4.78 is 15.6. The molecule has 9 heteroatoms.